The molecule has 0 unspecified atom stereocenters. The Labute approximate surface area is 180 Å². The zero-order chi connectivity index (χ0) is 20.5. The Bertz CT molecular complexity index is 987. The van der Waals surface area contributed by atoms with Gasteiger partial charge in [-0.1, -0.05) is 35.3 Å². The van der Waals surface area contributed by atoms with Gasteiger partial charge in [0.2, 0.25) is 5.91 Å². The maximum absolute atomic E-state index is 11.9. The molecule has 1 heterocycles. The van der Waals surface area contributed by atoms with Crippen LogP contribution in [0.1, 0.15) is 24.8 Å². The number of hydrogen-bond acceptors (Lipinski definition) is 3. The van der Waals surface area contributed by atoms with Gasteiger partial charge in [0, 0.05) is 46.5 Å². The summed E-state index contributed by atoms with van der Waals surface area (Å²) < 4.78 is 0. The number of halogens is 2. The molecule has 3 aromatic rings. The summed E-state index contributed by atoms with van der Waals surface area (Å²) in [4.78, 5) is 16.2. The molecule has 2 N–H and O–H groups in total. The Morgan fingerprint density at radius 2 is 1.69 bits per heavy atom. The zero-order valence-corrected chi connectivity index (χ0v) is 17.5. The number of nitrogens with zero attached hydrogens (tertiary/aromatic N) is 1. The number of aromatic nitrogens is 1. The summed E-state index contributed by atoms with van der Waals surface area (Å²) in [7, 11) is 0. The summed E-state index contributed by atoms with van der Waals surface area (Å²) in [5.74, 6) is -0.0833. The van der Waals surface area contributed by atoms with E-state index in [1.54, 1.807) is 30.5 Å². The maximum Gasteiger partial charge on any atom is 0.243 e. The van der Waals surface area contributed by atoms with Crippen molar-refractivity contribution in [3.8, 4) is 0 Å². The number of rotatable bonds is 9. The molecule has 150 valence electrons. The van der Waals surface area contributed by atoms with Crippen LogP contribution in [0, 0.1) is 0 Å². The monoisotopic (exact) mass is 427 g/mol. The molecule has 0 aliphatic carbocycles. The SMILES string of the molecule is O=C(/C=C/c1ccc(Cl)cc1)NCCCCCNc1ccnc2cc(Cl)ccc12. The third-order valence-electron chi connectivity index (χ3n) is 4.47. The second-order valence-corrected chi connectivity index (χ2v) is 7.56. The zero-order valence-electron chi connectivity index (χ0n) is 16.0. The van der Waals surface area contributed by atoms with Crippen LogP contribution in [0.3, 0.4) is 0 Å². The summed E-state index contributed by atoms with van der Waals surface area (Å²) in [6.45, 7) is 1.53. The number of pyridine rings is 1. The highest BCUT2D eigenvalue weighted by Crippen LogP contribution is 2.24. The molecule has 4 nitrogen and oxygen atoms in total. The van der Waals surface area contributed by atoms with E-state index >= 15 is 0 Å². The minimum Gasteiger partial charge on any atom is -0.384 e. The van der Waals surface area contributed by atoms with Crippen molar-refractivity contribution in [3.63, 3.8) is 0 Å². The average molecular weight is 428 g/mol. The van der Waals surface area contributed by atoms with Gasteiger partial charge >= 0.3 is 0 Å². The largest absolute Gasteiger partial charge is 0.384 e. The molecule has 0 aliphatic rings. The number of nitrogens with one attached hydrogen (secondary N) is 2. The molecule has 0 spiro atoms. The Morgan fingerprint density at radius 1 is 0.931 bits per heavy atom. The first-order valence-electron chi connectivity index (χ1n) is 9.61. The van der Waals surface area contributed by atoms with Crippen LogP contribution in [-0.2, 0) is 4.79 Å². The fraction of sp³-hybridized carbons (Fsp3) is 0.217. The van der Waals surface area contributed by atoms with Crippen molar-refractivity contribution >= 4 is 51.8 Å². The van der Waals surface area contributed by atoms with E-state index in [1.807, 2.05) is 36.4 Å². The molecule has 3 rings (SSSR count). The minimum absolute atomic E-state index is 0.0833. The summed E-state index contributed by atoms with van der Waals surface area (Å²) in [5.41, 5.74) is 2.89. The van der Waals surface area contributed by atoms with Crippen molar-refractivity contribution in [1.29, 1.82) is 0 Å². The Morgan fingerprint density at radius 3 is 2.52 bits per heavy atom. The first kappa shape index (κ1) is 21.2. The van der Waals surface area contributed by atoms with Crippen molar-refractivity contribution in [2.75, 3.05) is 18.4 Å². The molecule has 0 aliphatic heterocycles. The van der Waals surface area contributed by atoms with E-state index < -0.39 is 0 Å². The van der Waals surface area contributed by atoms with Gasteiger partial charge in [0.05, 0.1) is 5.52 Å². The lowest BCUT2D eigenvalue weighted by Gasteiger charge is -2.09. The third kappa shape index (κ3) is 6.77. The van der Waals surface area contributed by atoms with Crippen molar-refractivity contribution in [1.82, 2.24) is 10.3 Å². The van der Waals surface area contributed by atoms with Gasteiger partial charge in [0.1, 0.15) is 0 Å². The van der Waals surface area contributed by atoms with Crippen molar-refractivity contribution < 1.29 is 4.79 Å². The molecule has 0 saturated heterocycles. The first-order valence-corrected chi connectivity index (χ1v) is 10.4. The summed E-state index contributed by atoms with van der Waals surface area (Å²) in [6.07, 6.45) is 8.10. The summed E-state index contributed by atoms with van der Waals surface area (Å²) >= 11 is 11.9. The summed E-state index contributed by atoms with van der Waals surface area (Å²) in [5, 5.41) is 8.80. The highest BCUT2D eigenvalue weighted by Gasteiger charge is 2.02. The molecule has 2 aromatic carbocycles. The lowest BCUT2D eigenvalue weighted by molar-refractivity contribution is -0.116. The Kier molecular flexibility index (Phi) is 7.91. The van der Waals surface area contributed by atoms with Crippen LogP contribution < -0.4 is 10.6 Å². The number of hydrogen-bond donors (Lipinski definition) is 2. The van der Waals surface area contributed by atoms with E-state index in [4.69, 9.17) is 23.2 Å². The van der Waals surface area contributed by atoms with Gasteiger partial charge in [0.15, 0.2) is 0 Å². The predicted octanol–water partition coefficient (Wildman–Crippen LogP) is 5.95. The molecule has 29 heavy (non-hydrogen) atoms. The minimum atomic E-state index is -0.0833. The van der Waals surface area contributed by atoms with Gasteiger partial charge in [-0.05, 0) is 67.3 Å². The van der Waals surface area contributed by atoms with Crippen molar-refractivity contribution in [2.24, 2.45) is 0 Å². The lowest BCUT2D eigenvalue weighted by Crippen LogP contribution is -2.22. The van der Waals surface area contributed by atoms with Crippen LogP contribution in [0.25, 0.3) is 17.0 Å². The molecule has 1 aromatic heterocycles. The number of carbonyl (C=O) groups is 1. The normalized spacial score (nSPS) is 11.1. The molecule has 0 bridgehead atoms. The van der Waals surface area contributed by atoms with E-state index in [-0.39, 0.29) is 5.91 Å². The highest BCUT2D eigenvalue weighted by molar-refractivity contribution is 6.31. The fourth-order valence-electron chi connectivity index (χ4n) is 2.94. The van der Waals surface area contributed by atoms with E-state index in [2.05, 4.69) is 15.6 Å². The topological polar surface area (TPSA) is 54.0 Å². The van der Waals surface area contributed by atoms with Crippen LogP contribution in [0.5, 0.6) is 0 Å². The molecular weight excluding hydrogens is 405 g/mol. The number of unbranched alkanes of at least 4 members (excludes halogenated alkanes) is 2. The van der Waals surface area contributed by atoms with Gasteiger partial charge in [-0.15, -0.1) is 0 Å². The molecule has 0 atom stereocenters. The van der Waals surface area contributed by atoms with Crippen molar-refractivity contribution in [2.45, 2.75) is 19.3 Å². The average Bonchev–Trinajstić information content (AvgIpc) is 2.72. The van der Waals surface area contributed by atoms with Crippen LogP contribution >= 0.6 is 23.2 Å². The fourth-order valence-corrected chi connectivity index (χ4v) is 3.23. The van der Waals surface area contributed by atoms with Gasteiger partial charge in [-0.2, -0.15) is 0 Å². The smallest absolute Gasteiger partial charge is 0.243 e. The molecule has 0 saturated carbocycles. The van der Waals surface area contributed by atoms with Crippen LogP contribution in [0.2, 0.25) is 10.0 Å². The number of fused-ring (bicyclic) bond motifs is 1. The Hall–Kier alpha value is -2.56. The second-order valence-electron chi connectivity index (χ2n) is 6.68. The maximum atomic E-state index is 11.9. The number of carbonyl (C=O) groups excluding carboxylic acids is 1. The molecular formula is C23H23Cl2N3O. The number of anilines is 1. The number of benzene rings is 2. The van der Waals surface area contributed by atoms with Gasteiger partial charge in [-0.25, -0.2) is 0 Å². The molecule has 6 heteroatoms. The highest BCUT2D eigenvalue weighted by atomic mass is 35.5. The molecule has 0 radical (unpaired) electrons. The third-order valence-corrected chi connectivity index (χ3v) is 4.96. The second kappa shape index (κ2) is 10.8. The van der Waals surface area contributed by atoms with Crippen LogP contribution in [-0.4, -0.2) is 24.0 Å². The van der Waals surface area contributed by atoms with Crippen molar-refractivity contribution in [3.05, 3.63) is 76.4 Å². The van der Waals surface area contributed by atoms with Gasteiger partial charge in [-0.3, -0.25) is 9.78 Å². The molecule has 0 fully saturated rings. The standard InChI is InChI=1S/C23H23Cl2N3O/c24-18-7-4-17(5-8-18)6-11-23(29)28-14-3-1-2-13-26-21-12-15-27-22-16-19(25)9-10-20(21)22/h4-12,15-16H,1-3,13-14H2,(H,26,27)(H,28,29)/b11-6+. The first-order chi connectivity index (χ1) is 14.1. The quantitative estimate of drug-likeness (QED) is 0.327. The number of amides is 1. The van der Waals surface area contributed by atoms with Gasteiger partial charge < -0.3 is 10.6 Å². The lowest BCUT2D eigenvalue weighted by atomic mass is 10.1. The Balaban J connectivity index is 1.32. The molecule has 1 amide bonds. The predicted molar refractivity (Wildman–Crippen MR) is 123 cm³/mol. The van der Waals surface area contributed by atoms with Crippen LogP contribution in [0.15, 0.2) is 60.8 Å². The van der Waals surface area contributed by atoms with E-state index in [1.165, 1.54) is 0 Å². The van der Waals surface area contributed by atoms with E-state index in [0.717, 1.165) is 48.0 Å². The van der Waals surface area contributed by atoms with E-state index in [0.29, 0.717) is 16.6 Å². The van der Waals surface area contributed by atoms with Gasteiger partial charge in [0.25, 0.3) is 0 Å². The van der Waals surface area contributed by atoms with Crippen LogP contribution in [0.4, 0.5) is 5.69 Å². The summed E-state index contributed by atoms with van der Waals surface area (Å²) in [6, 6.07) is 15.1. The van der Waals surface area contributed by atoms with E-state index in [9.17, 15) is 4.79 Å².